The first-order valence-electron chi connectivity index (χ1n) is 10.5. The quantitative estimate of drug-likeness (QED) is 0.786. The Bertz CT molecular complexity index is 1030. The van der Waals surface area contributed by atoms with E-state index < -0.39 is 16.1 Å². The molecule has 3 aliphatic rings. The van der Waals surface area contributed by atoms with Crippen LogP contribution in [-0.2, 0) is 14.8 Å². The highest BCUT2D eigenvalue weighted by Crippen LogP contribution is 2.61. The molecule has 0 unspecified atom stereocenters. The lowest BCUT2D eigenvalue weighted by atomic mass is 9.45. The van der Waals surface area contributed by atoms with E-state index in [1.807, 2.05) is 37.3 Å². The van der Waals surface area contributed by atoms with Crippen molar-refractivity contribution < 1.29 is 13.2 Å². The van der Waals surface area contributed by atoms with E-state index in [-0.39, 0.29) is 28.1 Å². The average Bonchev–Trinajstić information content (AvgIpc) is 2.73. The molecule has 1 amide bonds. The minimum absolute atomic E-state index is 0.0250. The number of para-hydroxylation sites is 1. The van der Waals surface area contributed by atoms with Gasteiger partial charge in [0.15, 0.2) is 0 Å². The normalized spacial score (nSPS) is 27.2. The SMILES string of the molecule is Cc1ccc(S(=O)(=O)N[C@H]2[C@@H](C(=O)N(C)c3ccccc3)C[C@H]3C[C@@H]2C3(C)C)cc1. The molecule has 0 saturated heterocycles. The number of aryl methyl sites for hydroxylation is 1. The molecule has 160 valence electrons. The predicted molar refractivity (Wildman–Crippen MR) is 119 cm³/mol. The average molecular weight is 427 g/mol. The Kier molecular flexibility index (Phi) is 5.27. The van der Waals surface area contributed by atoms with Gasteiger partial charge in [-0.1, -0.05) is 49.7 Å². The number of benzene rings is 2. The summed E-state index contributed by atoms with van der Waals surface area (Å²) in [5.74, 6) is 0.200. The van der Waals surface area contributed by atoms with E-state index in [4.69, 9.17) is 0 Å². The van der Waals surface area contributed by atoms with Gasteiger partial charge in [0.1, 0.15) is 0 Å². The molecule has 2 bridgehead atoms. The van der Waals surface area contributed by atoms with Crippen molar-refractivity contribution in [2.24, 2.45) is 23.2 Å². The van der Waals surface area contributed by atoms with Crippen molar-refractivity contribution >= 4 is 21.6 Å². The maximum atomic E-state index is 13.4. The molecule has 2 aromatic rings. The number of carbonyl (C=O) groups excluding carboxylic acids is 1. The molecule has 3 fully saturated rings. The van der Waals surface area contributed by atoms with Crippen LogP contribution < -0.4 is 9.62 Å². The molecule has 2 aromatic carbocycles. The summed E-state index contributed by atoms with van der Waals surface area (Å²) in [5, 5.41) is 0. The molecular weight excluding hydrogens is 396 g/mol. The number of hydrogen-bond donors (Lipinski definition) is 1. The molecule has 3 aliphatic carbocycles. The highest BCUT2D eigenvalue weighted by atomic mass is 32.2. The van der Waals surface area contributed by atoms with E-state index in [1.165, 1.54) is 0 Å². The molecule has 3 saturated carbocycles. The molecule has 0 spiro atoms. The molecule has 0 radical (unpaired) electrons. The fraction of sp³-hybridized carbons (Fsp3) is 0.458. The molecule has 0 heterocycles. The molecule has 6 heteroatoms. The first-order chi connectivity index (χ1) is 14.1. The Balaban J connectivity index is 1.63. The van der Waals surface area contributed by atoms with E-state index in [1.54, 1.807) is 36.2 Å². The van der Waals surface area contributed by atoms with Gasteiger partial charge in [0, 0.05) is 18.8 Å². The molecule has 0 aliphatic heterocycles. The van der Waals surface area contributed by atoms with Crippen molar-refractivity contribution in [3.05, 3.63) is 60.2 Å². The third-order valence-electron chi connectivity index (χ3n) is 7.37. The van der Waals surface area contributed by atoms with Crippen molar-refractivity contribution in [1.82, 2.24) is 4.72 Å². The lowest BCUT2D eigenvalue weighted by Gasteiger charge is -2.62. The largest absolute Gasteiger partial charge is 0.315 e. The second-order valence-corrected chi connectivity index (χ2v) is 11.1. The molecule has 30 heavy (non-hydrogen) atoms. The van der Waals surface area contributed by atoms with E-state index >= 15 is 0 Å². The van der Waals surface area contributed by atoms with Gasteiger partial charge in [0.2, 0.25) is 15.9 Å². The van der Waals surface area contributed by atoms with Crippen molar-refractivity contribution in [1.29, 1.82) is 0 Å². The van der Waals surface area contributed by atoms with E-state index in [0.29, 0.717) is 12.3 Å². The number of fused-ring (bicyclic) bond motifs is 2. The summed E-state index contributed by atoms with van der Waals surface area (Å²) in [4.78, 5) is 15.4. The zero-order chi connectivity index (χ0) is 21.7. The van der Waals surface area contributed by atoms with E-state index in [0.717, 1.165) is 17.7 Å². The molecule has 1 N–H and O–H groups in total. The van der Waals surface area contributed by atoms with Gasteiger partial charge in [0.25, 0.3) is 0 Å². The van der Waals surface area contributed by atoms with Crippen LogP contribution in [0.15, 0.2) is 59.5 Å². The van der Waals surface area contributed by atoms with Gasteiger partial charge in [-0.2, -0.15) is 0 Å². The van der Waals surface area contributed by atoms with Crippen LogP contribution in [0, 0.1) is 30.1 Å². The highest BCUT2D eigenvalue weighted by molar-refractivity contribution is 7.89. The van der Waals surface area contributed by atoms with Gasteiger partial charge >= 0.3 is 0 Å². The first kappa shape index (κ1) is 21.1. The summed E-state index contributed by atoms with van der Waals surface area (Å²) >= 11 is 0. The van der Waals surface area contributed by atoms with Gasteiger partial charge in [-0.05, 0) is 61.3 Å². The van der Waals surface area contributed by atoms with Gasteiger partial charge in [-0.25, -0.2) is 13.1 Å². The standard InChI is InChI=1S/C24H30N2O3S/c1-16-10-12-19(13-11-16)30(28,29)25-22-20(14-17-15-21(22)24(17,2)3)23(27)26(4)18-8-6-5-7-9-18/h5-13,17,20-22,25H,14-15H2,1-4H3/t17-,20-,21-,22-/m0/s1. The lowest BCUT2D eigenvalue weighted by Crippen LogP contribution is -2.65. The molecular formula is C24H30N2O3S. The Morgan fingerprint density at radius 3 is 2.27 bits per heavy atom. The van der Waals surface area contributed by atoms with Crippen LogP contribution in [0.2, 0.25) is 0 Å². The Labute approximate surface area is 179 Å². The minimum Gasteiger partial charge on any atom is -0.315 e. The smallest absolute Gasteiger partial charge is 0.240 e. The zero-order valence-corrected chi connectivity index (χ0v) is 18.8. The maximum Gasteiger partial charge on any atom is 0.240 e. The van der Waals surface area contributed by atoms with Gasteiger partial charge in [-0.15, -0.1) is 0 Å². The van der Waals surface area contributed by atoms with Crippen LogP contribution in [0.25, 0.3) is 0 Å². The third kappa shape index (κ3) is 3.56. The summed E-state index contributed by atoms with van der Waals surface area (Å²) in [6, 6.07) is 16.0. The fourth-order valence-electron chi connectivity index (χ4n) is 5.21. The molecule has 5 nitrogen and oxygen atoms in total. The second-order valence-electron chi connectivity index (χ2n) is 9.40. The van der Waals surface area contributed by atoms with Gasteiger partial charge in [0.05, 0.1) is 10.8 Å². The van der Waals surface area contributed by atoms with E-state index in [2.05, 4.69) is 18.6 Å². The summed E-state index contributed by atoms with van der Waals surface area (Å²) in [6.45, 7) is 6.32. The van der Waals surface area contributed by atoms with Crippen molar-refractivity contribution in [2.75, 3.05) is 11.9 Å². The monoisotopic (exact) mass is 426 g/mol. The van der Waals surface area contributed by atoms with Crippen LogP contribution in [0.1, 0.15) is 32.3 Å². The lowest BCUT2D eigenvalue weighted by molar-refractivity contribution is -0.142. The minimum atomic E-state index is -3.71. The number of nitrogens with zero attached hydrogens (tertiary/aromatic N) is 1. The second kappa shape index (κ2) is 7.50. The van der Waals surface area contributed by atoms with Crippen LogP contribution in [0.4, 0.5) is 5.69 Å². The Morgan fingerprint density at radius 2 is 1.67 bits per heavy atom. The number of sulfonamides is 1. The number of rotatable bonds is 5. The first-order valence-corrected chi connectivity index (χ1v) is 12.0. The predicted octanol–water partition coefficient (Wildman–Crippen LogP) is 3.99. The van der Waals surface area contributed by atoms with Crippen LogP contribution in [0.3, 0.4) is 0 Å². The van der Waals surface area contributed by atoms with Crippen LogP contribution in [0.5, 0.6) is 0 Å². The molecule has 4 atom stereocenters. The fourth-order valence-corrected chi connectivity index (χ4v) is 6.53. The van der Waals surface area contributed by atoms with Gasteiger partial charge in [-0.3, -0.25) is 4.79 Å². The van der Waals surface area contributed by atoms with Crippen molar-refractivity contribution in [3.63, 3.8) is 0 Å². The third-order valence-corrected chi connectivity index (χ3v) is 8.84. The highest BCUT2D eigenvalue weighted by Gasteiger charge is 2.60. The van der Waals surface area contributed by atoms with Crippen LogP contribution in [-0.4, -0.2) is 27.4 Å². The topological polar surface area (TPSA) is 66.5 Å². The Hall–Kier alpha value is -2.18. The summed E-state index contributed by atoms with van der Waals surface area (Å²) in [7, 11) is -1.94. The number of nitrogens with one attached hydrogen (secondary N) is 1. The van der Waals surface area contributed by atoms with Crippen LogP contribution >= 0.6 is 0 Å². The van der Waals surface area contributed by atoms with Crippen molar-refractivity contribution in [3.8, 4) is 0 Å². The zero-order valence-electron chi connectivity index (χ0n) is 18.0. The number of amides is 1. The van der Waals surface area contributed by atoms with Crippen molar-refractivity contribution in [2.45, 2.75) is 44.6 Å². The van der Waals surface area contributed by atoms with Gasteiger partial charge < -0.3 is 4.90 Å². The number of carbonyl (C=O) groups is 1. The summed E-state index contributed by atoms with van der Waals surface area (Å²) in [6.07, 6.45) is 1.67. The summed E-state index contributed by atoms with van der Waals surface area (Å²) < 4.78 is 29.3. The maximum absolute atomic E-state index is 13.4. The Morgan fingerprint density at radius 1 is 1.03 bits per heavy atom. The molecule has 0 aromatic heterocycles. The molecule has 5 rings (SSSR count). The summed E-state index contributed by atoms with van der Waals surface area (Å²) in [5.41, 5.74) is 1.86. The number of anilines is 1. The number of hydrogen-bond acceptors (Lipinski definition) is 3. The van der Waals surface area contributed by atoms with E-state index in [9.17, 15) is 13.2 Å².